The Balaban J connectivity index is 2.13. The topological polar surface area (TPSA) is 38.0 Å². The van der Waals surface area contributed by atoms with Gasteiger partial charge in [-0.15, -0.1) is 0 Å². The summed E-state index contributed by atoms with van der Waals surface area (Å²) in [6.07, 6.45) is 3.81. The molecule has 0 radical (unpaired) electrons. The summed E-state index contributed by atoms with van der Waals surface area (Å²) in [7, 11) is 0. The van der Waals surface area contributed by atoms with E-state index in [1.807, 2.05) is 18.2 Å². The van der Waals surface area contributed by atoms with E-state index in [1.165, 1.54) is 19.3 Å². The Morgan fingerprint density at radius 1 is 1.47 bits per heavy atom. The molecule has 0 bridgehead atoms. The monoisotopic (exact) mass is 240 g/mol. The predicted molar refractivity (Wildman–Crippen MR) is 68.6 cm³/mol. The molecule has 0 aliphatic heterocycles. The molecule has 15 heavy (non-hydrogen) atoms. The van der Waals surface area contributed by atoms with E-state index in [-0.39, 0.29) is 0 Å². The molecule has 0 aromatic heterocycles. The van der Waals surface area contributed by atoms with Gasteiger partial charge in [0.25, 0.3) is 0 Å². The lowest BCUT2D eigenvalue weighted by molar-refractivity contribution is 0.445. The van der Waals surface area contributed by atoms with Crippen LogP contribution in [0.15, 0.2) is 18.2 Å². The van der Waals surface area contributed by atoms with Crippen LogP contribution in [-0.2, 0) is 0 Å². The fraction of sp³-hybridized carbons (Fsp3) is 0.364. The van der Waals surface area contributed by atoms with Gasteiger partial charge < -0.3 is 11.1 Å². The van der Waals surface area contributed by atoms with Crippen molar-refractivity contribution in [1.82, 2.24) is 0 Å². The standard InChI is InChI=1S/C11H13ClN2S/c12-10-6-8(14-7-2-1-3-7)4-5-9(10)11(13)15/h4-7,14H,1-3H2,(H2,13,15). The van der Waals surface area contributed by atoms with Crippen molar-refractivity contribution in [2.45, 2.75) is 25.3 Å². The summed E-state index contributed by atoms with van der Waals surface area (Å²) in [5, 5.41) is 4.03. The van der Waals surface area contributed by atoms with Gasteiger partial charge in [0, 0.05) is 17.3 Å². The molecule has 3 N–H and O–H groups in total. The van der Waals surface area contributed by atoms with Crippen LogP contribution in [-0.4, -0.2) is 11.0 Å². The Morgan fingerprint density at radius 3 is 2.67 bits per heavy atom. The maximum Gasteiger partial charge on any atom is 0.105 e. The molecule has 0 unspecified atom stereocenters. The van der Waals surface area contributed by atoms with E-state index in [4.69, 9.17) is 29.6 Å². The summed E-state index contributed by atoms with van der Waals surface area (Å²) in [4.78, 5) is 0.343. The van der Waals surface area contributed by atoms with Crippen molar-refractivity contribution in [2.75, 3.05) is 5.32 Å². The van der Waals surface area contributed by atoms with E-state index in [0.29, 0.717) is 16.1 Å². The lowest BCUT2D eigenvalue weighted by Crippen LogP contribution is -2.26. The SMILES string of the molecule is NC(=S)c1ccc(NC2CCC2)cc1Cl. The van der Waals surface area contributed by atoms with Crippen molar-refractivity contribution in [3.63, 3.8) is 0 Å². The third-order valence-corrected chi connectivity index (χ3v) is 3.24. The van der Waals surface area contributed by atoms with Gasteiger partial charge in [0.15, 0.2) is 0 Å². The lowest BCUT2D eigenvalue weighted by atomic mass is 9.93. The van der Waals surface area contributed by atoms with Gasteiger partial charge in [-0.3, -0.25) is 0 Å². The van der Waals surface area contributed by atoms with Gasteiger partial charge in [-0.2, -0.15) is 0 Å². The van der Waals surface area contributed by atoms with E-state index in [0.717, 1.165) is 11.3 Å². The second-order valence-electron chi connectivity index (χ2n) is 3.83. The number of rotatable bonds is 3. The van der Waals surface area contributed by atoms with Crippen molar-refractivity contribution in [2.24, 2.45) is 5.73 Å². The highest BCUT2D eigenvalue weighted by Gasteiger charge is 2.17. The van der Waals surface area contributed by atoms with E-state index in [9.17, 15) is 0 Å². The largest absolute Gasteiger partial charge is 0.389 e. The Morgan fingerprint density at radius 2 is 2.20 bits per heavy atom. The molecule has 0 amide bonds. The highest BCUT2D eigenvalue weighted by molar-refractivity contribution is 7.80. The maximum absolute atomic E-state index is 6.06. The molecular weight excluding hydrogens is 228 g/mol. The third-order valence-electron chi connectivity index (χ3n) is 2.71. The predicted octanol–water partition coefficient (Wildman–Crippen LogP) is 2.94. The van der Waals surface area contributed by atoms with Crippen molar-refractivity contribution in [3.05, 3.63) is 28.8 Å². The molecule has 0 spiro atoms. The van der Waals surface area contributed by atoms with Gasteiger partial charge in [0.1, 0.15) is 4.99 Å². The number of benzene rings is 1. The Labute approximate surface area is 99.8 Å². The minimum atomic E-state index is 0.343. The molecule has 0 saturated heterocycles. The highest BCUT2D eigenvalue weighted by Crippen LogP contribution is 2.26. The summed E-state index contributed by atoms with van der Waals surface area (Å²) >= 11 is 10.9. The van der Waals surface area contributed by atoms with Crippen molar-refractivity contribution in [1.29, 1.82) is 0 Å². The first-order valence-corrected chi connectivity index (χ1v) is 5.81. The normalized spacial score (nSPS) is 15.8. The summed E-state index contributed by atoms with van der Waals surface area (Å²) in [6, 6.07) is 6.33. The summed E-state index contributed by atoms with van der Waals surface area (Å²) in [5.41, 5.74) is 7.32. The molecule has 1 aliphatic carbocycles. The van der Waals surface area contributed by atoms with E-state index in [2.05, 4.69) is 5.32 Å². The number of anilines is 1. The molecule has 0 heterocycles. The first kappa shape index (κ1) is 10.7. The smallest absolute Gasteiger partial charge is 0.105 e. The zero-order chi connectivity index (χ0) is 10.8. The minimum Gasteiger partial charge on any atom is -0.389 e. The van der Waals surface area contributed by atoms with E-state index in [1.54, 1.807) is 0 Å². The number of nitrogens with two attached hydrogens (primary N) is 1. The molecular formula is C11H13ClN2S. The van der Waals surface area contributed by atoms with Crippen molar-refractivity contribution >= 4 is 34.5 Å². The molecule has 2 nitrogen and oxygen atoms in total. The Kier molecular flexibility index (Phi) is 3.12. The molecule has 80 valence electrons. The molecule has 1 aromatic carbocycles. The molecule has 1 saturated carbocycles. The van der Waals surface area contributed by atoms with Crippen LogP contribution in [0.4, 0.5) is 5.69 Å². The number of hydrogen-bond donors (Lipinski definition) is 2. The average molecular weight is 241 g/mol. The van der Waals surface area contributed by atoms with Gasteiger partial charge in [-0.25, -0.2) is 0 Å². The van der Waals surface area contributed by atoms with Gasteiger partial charge in [-0.1, -0.05) is 23.8 Å². The fourth-order valence-corrected chi connectivity index (χ4v) is 2.11. The zero-order valence-corrected chi connectivity index (χ0v) is 9.87. The van der Waals surface area contributed by atoms with Gasteiger partial charge >= 0.3 is 0 Å². The Hall–Kier alpha value is -0.800. The summed E-state index contributed by atoms with van der Waals surface area (Å²) in [6.45, 7) is 0. The third kappa shape index (κ3) is 2.41. The highest BCUT2D eigenvalue weighted by atomic mass is 35.5. The number of nitrogens with one attached hydrogen (secondary N) is 1. The van der Waals surface area contributed by atoms with Gasteiger partial charge in [-0.05, 0) is 37.5 Å². The molecule has 0 atom stereocenters. The Bertz CT molecular complexity index is 388. The minimum absolute atomic E-state index is 0.343. The van der Waals surface area contributed by atoms with Crippen LogP contribution >= 0.6 is 23.8 Å². The molecule has 2 rings (SSSR count). The van der Waals surface area contributed by atoms with E-state index < -0.39 is 0 Å². The first-order chi connectivity index (χ1) is 7.16. The van der Waals surface area contributed by atoms with E-state index >= 15 is 0 Å². The quantitative estimate of drug-likeness (QED) is 0.798. The van der Waals surface area contributed by atoms with Crippen LogP contribution in [0, 0.1) is 0 Å². The molecule has 1 aliphatic rings. The van der Waals surface area contributed by atoms with Crippen LogP contribution in [0.1, 0.15) is 24.8 Å². The van der Waals surface area contributed by atoms with Crippen LogP contribution in [0.5, 0.6) is 0 Å². The fourth-order valence-electron chi connectivity index (χ4n) is 1.59. The maximum atomic E-state index is 6.06. The van der Waals surface area contributed by atoms with Gasteiger partial charge in [0.05, 0.1) is 5.02 Å². The summed E-state index contributed by atoms with van der Waals surface area (Å²) < 4.78 is 0. The second-order valence-corrected chi connectivity index (χ2v) is 4.68. The van der Waals surface area contributed by atoms with Crippen molar-refractivity contribution < 1.29 is 0 Å². The van der Waals surface area contributed by atoms with Gasteiger partial charge in [0.2, 0.25) is 0 Å². The van der Waals surface area contributed by atoms with Crippen LogP contribution < -0.4 is 11.1 Å². The van der Waals surface area contributed by atoms with Crippen LogP contribution in [0.3, 0.4) is 0 Å². The molecule has 1 aromatic rings. The van der Waals surface area contributed by atoms with Crippen LogP contribution in [0.25, 0.3) is 0 Å². The molecule has 1 fully saturated rings. The lowest BCUT2D eigenvalue weighted by Gasteiger charge is -2.27. The molecule has 4 heteroatoms. The van der Waals surface area contributed by atoms with Crippen LogP contribution in [0.2, 0.25) is 5.02 Å². The second kappa shape index (κ2) is 4.37. The van der Waals surface area contributed by atoms with Crippen molar-refractivity contribution in [3.8, 4) is 0 Å². The zero-order valence-electron chi connectivity index (χ0n) is 8.29. The average Bonchev–Trinajstić information content (AvgIpc) is 2.11. The first-order valence-electron chi connectivity index (χ1n) is 5.02. The number of hydrogen-bond acceptors (Lipinski definition) is 2. The number of thiocarbonyl (C=S) groups is 1. The summed E-state index contributed by atoms with van der Waals surface area (Å²) in [5.74, 6) is 0. The number of halogens is 1.